The zero-order valence-electron chi connectivity index (χ0n) is 20.0. The van der Waals surface area contributed by atoms with Crippen molar-refractivity contribution < 1.29 is 82.1 Å². The summed E-state index contributed by atoms with van der Waals surface area (Å²) < 4.78 is 237. The molecule has 2 rings (SSSR count). The monoisotopic (exact) mass is 755 g/mol. The van der Waals surface area contributed by atoms with Crippen molar-refractivity contribution >= 4 is 20.2 Å². The van der Waals surface area contributed by atoms with E-state index in [1.807, 2.05) is 0 Å². The van der Waals surface area contributed by atoms with Gasteiger partial charge in [-0.05, 0) is 0 Å². The van der Waals surface area contributed by atoms with E-state index in [2.05, 4.69) is 3.07 Å². The number of hydrogen-bond acceptors (Lipinski definition) is 1. The van der Waals surface area contributed by atoms with E-state index in [-0.39, 0.29) is 0 Å². The number of hydrogen-bond donors (Lipinski definition) is 0. The summed E-state index contributed by atoms with van der Waals surface area (Å²) in [6, 6.07) is 9.07. The van der Waals surface area contributed by atoms with Crippen molar-refractivity contribution in [3.63, 3.8) is 0 Å². The van der Waals surface area contributed by atoms with Crippen molar-refractivity contribution in [1.82, 2.24) is 0 Å². The van der Waals surface area contributed by atoms with Gasteiger partial charge >= 0.3 is 231 Å². The number of alkyl halides is 18. The van der Waals surface area contributed by atoms with Crippen LogP contribution in [0, 0.1) is 0 Å². The van der Waals surface area contributed by atoms with Crippen LogP contribution in [0.4, 0.5) is 79.0 Å². The predicted octanol–water partition coefficient (Wildman–Crippen LogP) is 8.97. The molecule has 2 aromatic rings. The average molecular weight is 754 g/mol. The number of benzene rings is 2. The fourth-order valence-electron chi connectivity index (χ4n) is 3.36. The van der Waals surface area contributed by atoms with E-state index in [1.165, 1.54) is 0 Å². The van der Waals surface area contributed by atoms with Gasteiger partial charge < -0.3 is 0 Å². The molecule has 0 amide bonds. The van der Waals surface area contributed by atoms with Gasteiger partial charge in [-0.2, -0.15) is 0 Å². The van der Waals surface area contributed by atoms with Crippen LogP contribution in [0.3, 0.4) is 0 Å². The van der Waals surface area contributed by atoms with Crippen LogP contribution in [0.25, 0.3) is 0 Å². The first kappa shape index (κ1) is 36.1. The summed E-state index contributed by atoms with van der Waals surface area (Å²) in [6.07, 6.45) is -15.4. The molecule has 20 heteroatoms. The molecular weight excluding hydrogens is 741 g/mol. The van der Waals surface area contributed by atoms with Crippen molar-refractivity contribution in [2.75, 3.05) is 0 Å². The molecule has 0 aliphatic heterocycles. The van der Waals surface area contributed by atoms with Gasteiger partial charge in [-0.3, -0.25) is 0 Å². The van der Waals surface area contributed by atoms with Crippen LogP contribution in [-0.4, -0.2) is 64.1 Å². The van der Waals surface area contributed by atoms with Gasteiger partial charge in [-0.25, -0.2) is 0 Å². The summed E-state index contributed by atoms with van der Waals surface area (Å²) in [5, 5.41) is 0. The fourth-order valence-corrected chi connectivity index (χ4v) is 9.58. The molecule has 0 aliphatic rings. The minimum atomic E-state index is -9.22. The van der Waals surface area contributed by atoms with E-state index >= 15 is 17.6 Å². The predicted molar refractivity (Wildman–Crippen MR) is 108 cm³/mol. The Hall–Kier alpha value is -2.06. The van der Waals surface area contributed by atoms with E-state index in [0.717, 1.165) is 60.7 Å². The van der Waals surface area contributed by atoms with Crippen LogP contribution in [0.5, 0.6) is 0 Å². The zero-order valence-corrected chi connectivity index (χ0v) is 22.8. The quantitative estimate of drug-likeness (QED) is 0.174. The molecule has 0 fully saturated rings. The Kier molecular flexibility index (Phi) is 9.32. The van der Waals surface area contributed by atoms with Crippen LogP contribution < -0.4 is 0 Å². The van der Waals surface area contributed by atoms with Gasteiger partial charge in [0.05, 0.1) is 0 Å². The van der Waals surface area contributed by atoms with Crippen LogP contribution in [0.2, 0.25) is 0 Å². The van der Waals surface area contributed by atoms with Crippen LogP contribution >= 0.6 is 0 Å². The molecule has 237 valence electrons. The van der Waals surface area contributed by atoms with Crippen molar-refractivity contribution in [2.45, 2.75) is 56.4 Å². The summed E-state index contributed by atoms with van der Waals surface area (Å²) in [7, 11) is 0. The van der Waals surface area contributed by atoms with Crippen molar-refractivity contribution in [3.05, 3.63) is 71.8 Å². The minimum absolute atomic E-state index is 0.366. The maximum absolute atomic E-state index is 15.1. The van der Waals surface area contributed by atoms with Gasteiger partial charge in [0.15, 0.2) is 0 Å². The molecule has 0 saturated carbocycles. The third kappa shape index (κ3) is 5.51. The molecule has 0 aliphatic carbocycles. The van der Waals surface area contributed by atoms with Crippen molar-refractivity contribution in [2.24, 2.45) is 0 Å². The van der Waals surface area contributed by atoms with E-state index in [0.29, 0.717) is 6.92 Å². The van der Waals surface area contributed by atoms with Gasteiger partial charge in [-0.1, -0.05) is 0 Å². The summed E-state index contributed by atoms with van der Waals surface area (Å²) in [4.78, 5) is 0. The SMILES string of the molecule is CC([O][Sn]([C](F)(F)C(F)(F)C(F)(F)C(F)(F)F)[C](F)(F)C(F)(F)C(F)(F)C(F)(F)F)(c1ccccc1)c1ccccc1. The van der Waals surface area contributed by atoms with Crippen LogP contribution in [-0.2, 0) is 8.68 Å². The molecule has 0 atom stereocenters. The van der Waals surface area contributed by atoms with Crippen LogP contribution in [0.1, 0.15) is 18.1 Å². The molecule has 1 radical (unpaired) electrons. The van der Waals surface area contributed by atoms with Crippen LogP contribution in [0.15, 0.2) is 60.7 Å². The van der Waals surface area contributed by atoms with E-state index in [4.69, 9.17) is 0 Å². The summed E-state index contributed by atoms with van der Waals surface area (Å²) >= 11 is -9.22. The Bertz CT molecular complexity index is 1120. The Morgan fingerprint density at radius 1 is 0.429 bits per heavy atom. The summed E-state index contributed by atoms with van der Waals surface area (Å²) in [6.45, 7) is 0.366. The second-order valence-electron chi connectivity index (χ2n) is 8.64. The topological polar surface area (TPSA) is 9.23 Å². The Balaban J connectivity index is 3.02. The van der Waals surface area contributed by atoms with E-state index < -0.39 is 80.8 Å². The second kappa shape index (κ2) is 10.8. The fraction of sp³-hybridized carbons (Fsp3) is 0.455. The summed E-state index contributed by atoms with van der Waals surface area (Å²) in [5.41, 5.74) is -4.70. The molecule has 0 bridgehead atoms. The molecule has 2 aromatic carbocycles. The Labute approximate surface area is 230 Å². The zero-order chi connectivity index (χ0) is 33.0. The van der Waals surface area contributed by atoms with Gasteiger partial charge in [-0.15, -0.1) is 0 Å². The molecule has 0 aromatic heterocycles. The first-order valence-corrected chi connectivity index (χ1v) is 14.7. The van der Waals surface area contributed by atoms with Gasteiger partial charge in [0.1, 0.15) is 0 Å². The first-order valence-electron chi connectivity index (χ1n) is 10.6. The maximum atomic E-state index is 15.1. The van der Waals surface area contributed by atoms with Gasteiger partial charge in [0.2, 0.25) is 0 Å². The second-order valence-corrected chi connectivity index (χ2v) is 14.7. The van der Waals surface area contributed by atoms with Gasteiger partial charge in [0.25, 0.3) is 0 Å². The normalized spacial score (nSPS) is 15.3. The number of halogens is 18. The molecule has 0 heterocycles. The molecule has 0 spiro atoms. The van der Waals surface area contributed by atoms with E-state index in [9.17, 15) is 61.5 Å². The molecule has 42 heavy (non-hydrogen) atoms. The van der Waals surface area contributed by atoms with Crippen molar-refractivity contribution in [1.29, 1.82) is 0 Å². The summed E-state index contributed by atoms with van der Waals surface area (Å²) in [5.74, 6) is -32.3. The first-order chi connectivity index (χ1) is 18.5. The number of rotatable bonds is 10. The third-order valence-corrected chi connectivity index (χ3v) is 12.6. The molecule has 0 N–H and O–H groups in total. The molecule has 0 unspecified atom stereocenters. The third-order valence-electron chi connectivity index (χ3n) is 5.82. The average Bonchev–Trinajstić information content (AvgIpc) is 2.86. The standard InChI is InChI=1S/C14H13O.2C4F9.Sn/c1-14(15,12-8-4-2-5-9-12)13-10-6-3-7-11-13;2*5-1(6)2(7,8)3(9,10)4(11,12)13;/h2-11H,1H3;;;/q-1;;;+1. The van der Waals surface area contributed by atoms with E-state index in [1.54, 1.807) is 0 Å². The molecular formula is C22H13F18OSn. The molecule has 1 nitrogen and oxygen atoms in total. The van der Waals surface area contributed by atoms with Crippen molar-refractivity contribution in [3.8, 4) is 0 Å². The Morgan fingerprint density at radius 2 is 0.690 bits per heavy atom. The Morgan fingerprint density at radius 3 is 0.929 bits per heavy atom. The molecule has 0 saturated heterocycles. The van der Waals surface area contributed by atoms with Gasteiger partial charge in [0, 0.05) is 0 Å².